The minimum Gasteiger partial charge on any atom is -0.396 e. The van der Waals surface area contributed by atoms with Crippen LogP contribution in [-0.4, -0.2) is 11.7 Å². The van der Waals surface area contributed by atoms with Crippen LogP contribution >= 0.6 is 0 Å². The molecule has 0 saturated heterocycles. The van der Waals surface area contributed by atoms with Gasteiger partial charge in [0.15, 0.2) is 0 Å². The first kappa shape index (κ1) is 8.54. The first-order valence-corrected chi connectivity index (χ1v) is 4.23. The Morgan fingerprint density at radius 2 is 2.36 bits per heavy atom. The third kappa shape index (κ3) is 2.19. The van der Waals surface area contributed by atoms with Crippen molar-refractivity contribution in [3.05, 3.63) is 23.8 Å². The fourth-order valence-corrected chi connectivity index (χ4v) is 1.24. The van der Waals surface area contributed by atoms with Gasteiger partial charge in [-0.2, -0.15) is 0 Å². The summed E-state index contributed by atoms with van der Waals surface area (Å²) in [6.45, 7) is 4.66. The van der Waals surface area contributed by atoms with Gasteiger partial charge in [0.05, 0.1) is 0 Å². The average Bonchev–Trinajstić information content (AvgIpc) is 2.05. The normalized spacial score (nSPS) is 24.0. The van der Waals surface area contributed by atoms with Crippen molar-refractivity contribution in [2.24, 2.45) is 11.8 Å². The lowest BCUT2D eigenvalue weighted by molar-refractivity contribution is 0.252. The van der Waals surface area contributed by atoms with Gasteiger partial charge in [-0.1, -0.05) is 32.1 Å². The Morgan fingerprint density at radius 1 is 1.64 bits per heavy atom. The molecule has 1 N–H and O–H groups in total. The number of aliphatic hydroxyl groups is 1. The molecule has 0 aromatic rings. The van der Waals surface area contributed by atoms with Crippen molar-refractivity contribution in [2.75, 3.05) is 6.61 Å². The molecule has 0 aromatic heterocycles. The van der Waals surface area contributed by atoms with Crippen LogP contribution in [0, 0.1) is 11.8 Å². The maximum Gasteiger partial charge on any atom is 0.0496 e. The van der Waals surface area contributed by atoms with Gasteiger partial charge in [0.2, 0.25) is 0 Å². The molecule has 0 heterocycles. The van der Waals surface area contributed by atoms with Crippen molar-refractivity contribution >= 4 is 0 Å². The first-order valence-electron chi connectivity index (χ1n) is 4.23. The zero-order valence-electron chi connectivity index (χ0n) is 7.25. The Balaban J connectivity index is 2.53. The summed E-state index contributed by atoms with van der Waals surface area (Å²) < 4.78 is 0. The van der Waals surface area contributed by atoms with Crippen molar-refractivity contribution in [2.45, 2.75) is 20.3 Å². The van der Waals surface area contributed by atoms with Gasteiger partial charge in [-0.05, 0) is 17.9 Å². The molecule has 0 aliphatic heterocycles. The number of hydrogen-bond acceptors (Lipinski definition) is 1. The van der Waals surface area contributed by atoms with E-state index in [-0.39, 0.29) is 6.61 Å². The van der Waals surface area contributed by atoms with Gasteiger partial charge in [-0.25, -0.2) is 0 Å². The third-order valence-electron chi connectivity index (χ3n) is 2.12. The summed E-state index contributed by atoms with van der Waals surface area (Å²) in [4.78, 5) is 0. The summed E-state index contributed by atoms with van der Waals surface area (Å²) in [6, 6.07) is 0. The molecule has 1 unspecified atom stereocenters. The van der Waals surface area contributed by atoms with Crippen molar-refractivity contribution < 1.29 is 5.11 Å². The van der Waals surface area contributed by atoms with E-state index in [1.807, 2.05) is 0 Å². The molecule has 0 spiro atoms. The molecule has 0 aromatic carbocycles. The van der Waals surface area contributed by atoms with Crippen LogP contribution in [0.5, 0.6) is 0 Å². The molecule has 1 aliphatic rings. The Morgan fingerprint density at radius 3 is 2.73 bits per heavy atom. The second-order valence-corrected chi connectivity index (χ2v) is 3.40. The molecular formula is C10H16O. The predicted octanol–water partition coefficient (Wildman–Crippen LogP) is 2.14. The highest BCUT2D eigenvalue weighted by atomic mass is 16.3. The van der Waals surface area contributed by atoms with Gasteiger partial charge in [0.25, 0.3) is 0 Å². The Hall–Kier alpha value is -0.560. The molecule has 1 rings (SSSR count). The molecule has 0 radical (unpaired) electrons. The summed E-state index contributed by atoms with van der Waals surface area (Å²) >= 11 is 0. The lowest BCUT2D eigenvalue weighted by Crippen LogP contribution is -2.06. The lowest BCUT2D eigenvalue weighted by Gasteiger charge is -2.15. The highest BCUT2D eigenvalue weighted by molar-refractivity contribution is 5.25. The molecule has 1 nitrogen and oxygen atoms in total. The van der Waals surface area contributed by atoms with E-state index in [1.165, 1.54) is 5.57 Å². The van der Waals surface area contributed by atoms with E-state index in [9.17, 15) is 0 Å². The Labute approximate surface area is 68.4 Å². The SMILES string of the molecule is CC(C)C1=CCC(CO)C=C1. The van der Waals surface area contributed by atoms with E-state index in [0.717, 1.165) is 6.42 Å². The van der Waals surface area contributed by atoms with Crippen LogP contribution in [0.3, 0.4) is 0 Å². The van der Waals surface area contributed by atoms with E-state index in [1.54, 1.807) is 0 Å². The minimum atomic E-state index is 0.276. The molecule has 0 saturated carbocycles. The molecule has 1 heteroatoms. The van der Waals surface area contributed by atoms with Gasteiger partial charge >= 0.3 is 0 Å². The fraction of sp³-hybridized carbons (Fsp3) is 0.600. The summed E-state index contributed by atoms with van der Waals surface area (Å²) in [7, 11) is 0. The molecular weight excluding hydrogens is 136 g/mol. The molecule has 0 bridgehead atoms. The van der Waals surface area contributed by atoms with Crippen molar-refractivity contribution in [3.8, 4) is 0 Å². The lowest BCUT2D eigenvalue weighted by atomic mass is 9.92. The zero-order chi connectivity index (χ0) is 8.27. The zero-order valence-corrected chi connectivity index (χ0v) is 7.25. The molecule has 1 aliphatic carbocycles. The summed E-state index contributed by atoms with van der Waals surface area (Å²) in [5, 5.41) is 8.84. The van der Waals surface area contributed by atoms with E-state index in [4.69, 9.17) is 5.11 Å². The van der Waals surface area contributed by atoms with Crippen molar-refractivity contribution in [1.29, 1.82) is 0 Å². The number of hydrogen-bond donors (Lipinski definition) is 1. The molecule has 1 atom stereocenters. The second kappa shape index (κ2) is 3.72. The van der Waals surface area contributed by atoms with Crippen LogP contribution in [0.2, 0.25) is 0 Å². The Bertz CT molecular complexity index is 177. The van der Waals surface area contributed by atoms with Crippen molar-refractivity contribution in [1.82, 2.24) is 0 Å². The number of allylic oxidation sites excluding steroid dienone is 3. The third-order valence-corrected chi connectivity index (χ3v) is 2.12. The van der Waals surface area contributed by atoms with E-state index >= 15 is 0 Å². The quantitative estimate of drug-likeness (QED) is 0.642. The fourth-order valence-electron chi connectivity index (χ4n) is 1.24. The molecule has 0 amide bonds. The summed E-state index contributed by atoms with van der Waals surface area (Å²) in [6.07, 6.45) is 7.47. The number of rotatable bonds is 2. The van der Waals surface area contributed by atoms with Crippen LogP contribution in [0.25, 0.3) is 0 Å². The van der Waals surface area contributed by atoms with Crippen molar-refractivity contribution in [3.63, 3.8) is 0 Å². The second-order valence-electron chi connectivity index (χ2n) is 3.40. The van der Waals surface area contributed by atoms with Gasteiger partial charge in [0.1, 0.15) is 0 Å². The van der Waals surface area contributed by atoms with Gasteiger partial charge in [0, 0.05) is 12.5 Å². The van der Waals surface area contributed by atoms with Crippen LogP contribution in [-0.2, 0) is 0 Å². The van der Waals surface area contributed by atoms with E-state index < -0.39 is 0 Å². The van der Waals surface area contributed by atoms with Crippen LogP contribution in [0.4, 0.5) is 0 Å². The minimum absolute atomic E-state index is 0.276. The Kier molecular flexibility index (Phi) is 2.89. The monoisotopic (exact) mass is 152 g/mol. The highest BCUT2D eigenvalue weighted by Crippen LogP contribution is 2.20. The highest BCUT2D eigenvalue weighted by Gasteiger charge is 2.08. The maximum absolute atomic E-state index is 8.84. The van der Waals surface area contributed by atoms with Crippen LogP contribution < -0.4 is 0 Å². The van der Waals surface area contributed by atoms with Gasteiger partial charge in [-0.3, -0.25) is 0 Å². The standard InChI is InChI=1S/C10H16O/c1-8(2)10-5-3-9(7-11)4-6-10/h3,5-6,8-9,11H,4,7H2,1-2H3. The van der Waals surface area contributed by atoms with Gasteiger partial charge < -0.3 is 5.11 Å². The predicted molar refractivity (Wildman–Crippen MR) is 47.3 cm³/mol. The summed E-state index contributed by atoms with van der Waals surface area (Å²) in [5.74, 6) is 0.975. The molecule has 0 fully saturated rings. The van der Waals surface area contributed by atoms with E-state index in [0.29, 0.717) is 11.8 Å². The average molecular weight is 152 g/mol. The largest absolute Gasteiger partial charge is 0.396 e. The smallest absolute Gasteiger partial charge is 0.0496 e. The molecule has 62 valence electrons. The number of aliphatic hydroxyl groups excluding tert-OH is 1. The van der Waals surface area contributed by atoms with Crippen LogP contribution in [0.15, 0.2) is 23.8 Å². The van der Waals surface area contributed by atoms with Crippen LogP contribution in [0.1, 0.15) is 20.3 Å². The maximum atomic E-state index is 8.84. The topological polar surface area (TPSA) is 20.2 Å². The van der Waals surface area contributed by atoms with E-state index in [2.05, 4.69) is 32.1 Å². The van der Waals surface area contributed by atoms with Gasteiger partial charge in [-0.15, -0.1) is 0 Å². The summed E-state index contributed by atoms with van der Waals surface area (Å²) in [5.41, 5.74) is 1.40. The molecule has 11 heavy (non-hydrogen) atoms. The first-order chi connectivity index (χ1) is 5.24.